The molecule has 2 N–H and O–H groups in total. The molecule has 8 heteroatoms. The smallest absolute Gasteiger partial charge is 0.318 e. The molecule has 1 aromatic rings. The van der Waals surface area contributed by atoms with E-state index in [1.807, 2.05) is 13.8 Å². The quantitative estimate of drug-likeness (QED) is 0.857. The maximum atomic E-state index is 12.4. The molecular weight excluding hydrogens is 298 g/mol. The molecule has 1 aliphatic heterocycles. The van der Waals surface area contributed by atoms with Gasteiger partial charge in [-0.3, -0.25) is 4.79 Å². The Labute approximate surface area is 135 Å². The SMILES string of the molecule is CCc1noc(C2CCC(NC(=O)N3CC(=O)NCC3C)C2)n1. The number of aryl methyl sites for hydroxylation is 1. The Morgan fingerprint density at radius 3 is 3.04 bits per heavy atom. The number of rotatable bonds is 3. The van der Waals surface area contributed by atoms with Crippen LogP contribution in [-0.2, 0) is 11.2 Å². The number of carbonyl (C=O) groups excluding carboxylic acids is 2. The molecule has 1 saturated carbocycles. The Morgan fingerprint density at radius 1 is 1.48 bits per heavy atom. The van der Waals surface area contributed by atoms with Crippen LogP contribution in [0.15, 0.2) is 4.52 Å². The second-order valence-corrected chi connectivity index (χ2v) is 6.34. The zero-order valence-corrected chi connectivity index (χ0v) is 13.5. The third kappa shape index (κ3) is 3.46. The van der Waals surface area contributed by atoms with E-state index in [9.17, 15) is 9.59 Å². The number of nitrogens with one attached hydrogen (secondary N) is 2. The van der Waals surface area contributed by atoms with Gasteiger partial charge in [-0.15, -0.1) is 0 Å². The van der Waals surface area contributed by atoms with Gasteiger partial charge in [0.15, 0.2) is 5.82 Å². The minimum atomic E-state index is -0.169. The molecule has 0 aromatic carbocycles. The topological polar surface area (TPSA) is 100 Å². The Balaban J connectivity index is 1.55. The molecule has 3 atom stereocenters. The molecule has 2 heterocycles. The van der Waals surface area contributed by atoms with E-state index in [1.54, 1.807) is 4.90 Å². The Kier molecular flexibility index (Phi) is 4.49. The summed E-state index contributed by atoms with van der Waals surface area (Å²) in [6, 6.07) is -0.0765. The van der Waals surface area contributed by atoms with Gasteiger partial charge in [0.05, 0.1) is 0 Å². The van der Waals surface area contributed by atoms with Crippen molar-refractivity contribution in [2.24, 2.45) is 0 Å². The fourth-order valence-electron chi connectivity index (χ4n) is 3.18. The van der Waals surface area contributed by atoms with Crippen LogP contribution < -0.4 is 10.6 Å². The zero-order chi connectivity index (χ0) is 16.4. The summed E-state index contributed by atoms with van der Waals surface area (Å²) in [5.74, 6) is 1.49. The maximum Gasteiger partial charge on any atom is 0.318 e. The summed E-state index contributed by atoms with van der Waals surface area (Å²) in [5, 5.41) is 9.73. The van der Waals surface area contributed by atoms with Crippen molar-refractivity contribution in [2.75, 3.05) is 13.1 Å². The average Bonchev–Trinajstić information content (AvgIpc) is 3.18. The molecule has 8 nitrogen and oxygen atoms in total. The first-order valence-corrected chi connectivity index (χ1v) is 8.23. The molecule has 2 aliphatic rings. The van der Waals surface area contributed by atoms with Crippen LogP contribution in [-0.4, -0.2) is 52.2 Å². The van der Waals surface area contributed by atoms with Gasteiger partial charge in [0.1, 0.15) is 6.54 Å². The summed E-state index contributed by atoms with van der Waals surface area (Å²) in [5.41, 5.74) is 0. The van der Waals surface area contributed by atoms with Crippen LogP contribution in [0.1, 0.15) is 50.7 Å². The van der Waals surface area contributed by atoms with Gasteiger partial charge in [0.2, 0.25) is 11.8 Å². The van der Waals surface area contributed by atoms with Crippen LogP contribution in [0.5, 0.6) is 0 Å². The predicted molar refractivity (Wildman–Crippen MR) is 81.8 cm³/mol. The summed E-state index contributed by atoms with van der Waals surface area (Å²) in [4.78, 5) is 29.8. The lowest BCUT2D eigenvalue weighted by Crippen LogP contribution is -2.58. The number of piperazine rings is 1. The van der Waals surface area contributed by atoms with E-state index in [-0.39, 0.29) is 36.5 Å². The molecule has 0 spiro atoms. The standard InChI is InChI=1S/C15H23N5O3/c1-3-12-18-14(23-19-12)10-4-5-11(6-10)17-15(22)20-8-13(21)16-7-9(20)2/h9-11H,3-8H2,1-2H3,(H,16,21)(H,17,22). The Hall–Kier alpha value is -2.12. The van der Waals surface area contributed by atoms with Crippen molar-refractivity contribution in [3.05, 3.63) is 11.7 Å². The Bertz CT molecular complexity index is 587. The van der Waals surface area contributed by atoms with Crippen molar-refractivity contribution < 1.29 is 14.1 Å². The number of hydrogen-bond acceptors (Lipinski definition) is 5. The molecule has 3 unspecified atom stereocenters. The van der Waals surface area contributed by atoms with Crippen LogP contribution >= 0.6 is 0 Å². The number of nitrogens with zero attached hydrogens (tertiary/aromatic N) is 3. The maximum absolute atomic E-state index is 12.4. The van der Waals surface area contributed by atoms with Crippen molar-refractivity contribution >= 4 is 11.9 Å². The highest BCUT2D eigenvalue weighted by atomic mass is 16.5. The van der Waals surface area contributed by atoms with E-state index < -0.39 is 0 Å². The Morgan fingerprint density at radius 2 is 2.30 bits per heavy atom. The number of carbonyl (C=O) groups is 2. The van der Waals surface area contributed by atoms with Gasteiger partial charge >= 0.3 is 6.03 Å². The lowest BCUT2D eigenvalue weighted by Gasteiger charge is -2.34. The molecule has 0 radical (unpaired) electrons. The molecule has 3 rings (SSSR count). The highest BCUT2D eigenvalue weighted by Gasteiger charge is 2.33. The van der Waals surface area contributed by atoms with Crippen molar-refractivity contribution in [3.63, 3.8) is 0 Å². The van der Waals surface area contributed by atoms with Crippen molar-refractivity contribution in [2.45, 2.75) is 57.5 Å². The minimum absolute atomic E-state index is 0.00736. The summed E-state index contributed by atoms with van der Waals surface area (Å²) < 4.78 is 5.30. The van der Waals surface area contributed by atoms with E-state index in [4.69, 9.17) is 4.52 Å². The summed E-state index contributed by atoms with van der Waals surface area (Å²) in [6.45, 7) is 4.54. The molecule has 3 amide bonds. The fourth-order valence-corrected chi connectivity index (χ4v) is 3.18. The summed E-state index contributed by atoms with van der Waals surface area (Å²) in [6.07, 6.45) is 3.36. The molecular formula is C15H23N5O3. The first-order valence-electron chi connectivity index (χ1n) is 8.23. The van der Waals surface area contributed by atoms with Crippen LogP contribution in [0, 0.1) is 0 Å². The van der Waals surface area contributed by atoms with Gasteiger partial charge in [0, 0.05) is 31.0 Å². The monoisotopic (exact) mass is 321 g/mol. The summed E-state index contributed by atoms with van der Waals surface area (Å²) >= 11 is 0. The molecule has 1 saturated heterocycles. The summed E-state index contributed by atoms with van der Waals surface area (Å²) in [7, 11) is 0. The molecule has 23 heavy (non-hydrogen) atoms. The van der Waals surface area contributed by atoms with E-state index in [1.165, 1.54) is 0 Å². The largest absolute Gasteiger partial charge is 0.353 e. The van der Waals surface area contributed by atoms with Gasteiger partial charge < -0.3 is 20.1 Å². The third-order valence-electron chi connectivity index (χ3n) is 4.61. The first kappa shape index (κ1) is 15.8. The van der Waals surface area contributed by atoms with Gasteiger partial charge in [0.25, 0.3) is 0 Å². The van der Waals surface area contributed by atoms with E-state index in [0.717, 1.165) is 31.5 Å². The zero-order valence-electron chi connectivity index (χ0n) is 13.5. The van der Waals surface area contributed by atoms with E-state index >= 15 is 0 Å². The third-order valence-corrected chi connectivity index (χ3v) is 4.61. The second kappa shape index (κ2) is 6.55. The molecule has 0 bridgehead atoms. The minimum Gasteiger partial charge on any atom is -0.353 e. The number of amides is 3. The molecule has 126 valence electrons. The molecule has 2 fully saturated rings. The highest BCUT2D eigenvalue weighted by molar-refractivity contribution is 5.85. The van der Waals surface area contributed by atoms with Crippen molar-refractivity contribution in [1.82, 2.24) is 25.7 Å². The first-order chi connectivity index (χ1) is 11.1. The number of hydrogen-bond donors (Lipinski definition) is 2. The number of aromatic nitrogens is 2. The van der Waals surface area contributed by atoms with E-state index in [0.29, 0.717) is 12.4 Å². The van der Waals surface area contributed by atoms with Gasteiger partial charge in [-0.2, -0.15) is 4.98 Å². The average molecular weight is 321 g/mol. The van der Waals surface area contributed by atoms with Gasteiger partial charge in [-0.25, -0.2) is 4.79 Å². The predicted octanol–water partition coefficient (Wildman–Crippen LogP) is 0.798. The van der Waals surface area contributed by atoms with E-state index in [2.05, 4.69) is 20.8 Å². The molecule has 1 aromatic heterocycles. The number of urea groups is 1. The lowest BCUT2D eigenvalue weighted by molar-refractivity contribution is -0.124. The van der Waals surface area contributed by atoms with Crippen LogP contribution in [0.4, 0.5) is 4.79 Å². The highest BCUT2D eigenvalue weighted by Crippen LogP contribution is 2.33. The normalized spacial score (nSPS) is 27.8. The van der Waals surface area contributed by atoms with Gasteiger partial charge in [-0.1, -0.05) is 12.1 Å². The van der Waals surface area contributed by atoms with Crippen molar-refractivity contribution in [1.29, 1.82) is 0 Å². The second-order valence-electron chi connectivity index (χ2n) is 6.34. The molecule has 1 aliphatic carbocycles. The van der Waals surface area contributed by atoms with Crippen LogP contribution in [0.3, 0.4) is 0 Å². The fraction of sp³-hybridized carbons (Fsp3) is 0.733. The van der Waals surface area contributed by atoms with Crippen LogP contribution in [0.25, 0.3) is 0 Å². The van der Waals surface area contributed by atoms with Crippen molar-refractivity contribution in [3.8, 4) is 0 Å². The van der Waals surface area contributed by atoms with Crippen LogP contribution in [0.2, 0.25) is 0 Å². The van der Waals surface area contributed by atoms with Gasteiger partial charge in [-0.05, 0) is 26.2 Å². The lowest BCUT2D eigenvalue weighted by atomic mass is 10.1.